The average molecular weight is 231 g/mol. The second-order valence-corrected chi connectivity index (χ2v) is 5.31. The first-order valence-corrected chi connectivity index (χ1v) is 6.79. The normalized spacial score (nSPS) is 30.2. The first-order chi connectivity index (χ1) is 8.43. The SMILES string of the molecule is C1=CC2C(C1)CC2NCCCCn1ccnc1. The molecule has 3 rings (SSSR count). The Hall–Kier alpha value is -1.09. The zero-order valence-electron chi connectivity index (χ0n) is 10.3. The van der Waals surface area contributed by atoms with Crippen LogP contribution >= 0.6 is 0 Å². The van der Waals surface area contributed by atoms with Gasteiger partial charge in [0.25, 0.3) is 0 Å². The smallest absolute Gasteiger partial charge is 0.0945 e. The van der Waals surface area contributed by atoms with Crippen LogP contribution in [0.3, 0.4) is 0 Å². The number of hydrogen-bond acceptors (Lipinski definition) is 2. The first kappa shape index (κ1) is 11.0. The van der Waals surface area contributed by atoms with Crippen molar-refractivity contribution in [3.8, 4) is 0 Å². The Balaban J connectivity index is 1.27. The van der Waals surface area contributed by atoms with Crippen molar-refractivity contribution in [3.63, 3.8) is 0 Å². The molecule has 0 amide bonds. The maximum Gasteiger partial charge on any atom is 0.0945 e. The van der Waals surface area contributed by atoms with Gasteiger partial charge in [-0.05, 0) is 44.1 Å². The predicted molar refractivity (Wildman–Crippen MR) is 68.6 cm³/mol. The molecule has 1 saturated carbocycles. The lowest BCUT2D eigenvalue weighted by atomic mass is 9.71. The second kappa shape index (κ2) is 5.05. The minimum Gasteiger partial charge on any atom is -0.337 e. The topological polar surface area (TPSA) is 29.9 Å². The van der Waals surface area contributed by atoms with Gasteiger partial charge in [0.05, 0.1) is 6.33 Å². The number of nitrogens with one attached hydrogen (secondary N) is 1. The third-order valence-corrected chi connectivity index (χ3v) is 4.17. The van der Waals surface area contributed by atoms with Crippen LogP contribution in [-0.4, -0.2) is 22.1 Å². The summed E-state index contributed by atoms with van der Waals surface area (Å²) < 4.78 is 2.15. The summed E-state index contributed by atoms with van der Waals surface area (Å²) in [6, 6.07) is 0.770. The number of imidazole rings is 1. The summed E-state index contributed by atoms with van der Waals surface area (Å²) in [4.78, 5) is 4.05. The van der Waals surface area contributed by atoms with Gasteiger partial charge in [0.1, 0.15) is 0 Å². The number of aryl methyl sites for hydroxylation is 1. The lowest BCUT2D eigenvalue weighted by Crippen LogP contribution is -2.48. The Morgan fingerprint density at radius 2 is 2.35 bits per heavy atom. The number of nitrogens with zero attached hydrogens (tertiary/aromatic N) is 2. The van der Waals surface area contributed by atoms with Gasteiger partial charge in [-0.1, -0.05) is 12.2 Å². The zero-order valence-corrected chi connectivity index (χ0v) is 10.3. The molecular weight excluding hydrogens is 210 g/mol. The van der Waals surface area contributed by atoms with Crippen molar-refractivity contribution >= 4 is 0 Å². The monoisotopic (exact) mass is 231 g/mol. The van der Waals surface area contributed by atoms with Gasteiger partial charge in [-0.3, -0.25) is 0 Å². The van der Waals surface area contributed by atoms with E-state index in [1.54, 1.807) is 0 Å². The van der Waals surface area contributed by atoms with E-state index >= 15 is 0 Å². The molecule has 0 aromatic carbocycles. The van der Waals surface area contributed by atoms with Crippen LogP contribution in [0.4, 0.5) is 0 Å². The van der Waals surface area contributed by atoms with Gasteiger partial charge in [-0.2, -0.15) is 0 Å². The third-order valence-electron chi connectivity index (χ3n) is 4.17. The molecule has 3 atom stereocenters. The molecule has 0 bridgehead atoms. The fraction of sp³-hybridized carbons (Fsp3) is 0.643. The van der Waals surface area contributed by atoms with Crippen molar-refractivity contribution in [2.24, 2.45) is 11.8 Å². The van der Waals surface area contributed by atoms with Crippen LogP contribution in [0.25, 0.3) is 0 Å². The number of hydrogen-bond donors (Lipinski definition) is 1. The highest BCUT2D eigenvalue weighted by Crippen LogP contribution is 2.42. The molecular formula is C14H21N3. The molecule has 1 fully saturated rings. The lowest BCUT2D eigenvalue weighted by Gasteiger charge is -2.40. The molecule has 1 heterocycles. The molecule has 0 radical (unpaired) electrons. The van der Waals surface area contributed by atoms with Crippen LogP contribution in [-0.2, 0) is 6.54 Å². The third kappa shape index (κ3) is 2.44. The molecule has 3 nitrogen and oxygen atoms in total. The van der Waals surface area contributed by atoms with Gasteiger partial charge in [0.15, 0.2) is 0 Å². The predicted octanol–water partition coefficient (Wildman–Crippen LogP) is 2.22. The number of rotatable bonds is 6. The minimum absolute atomic E-state index is 0.770. The lowest BCUT2D eigenvalue weighted by molar-refractivity contribution is 0.163. The van der Waals surface area contributed by atoms with E-state index < -0.39 is 0 Å². The molecule has 1 aromatic heterocycles. The fourth-order valence-electron chi connectivity index (χ4n) is 3.07. The van der Waals surface area contributed by atoms with Crippen LogP contribution in [0.1, 0.15) is 25.7 Å². The van der Waals surface area contributed by atoms with Crippen LogP contribution in [0.15, 0.2) is 30.9 Å². The number of unbranched alkanes of at least 4 members (excludes halogenated alkanes) is 1. The van der Waals surface area contributed by atoms with Crippen molar-refractivity contribution < 1.29 is 0 Å². The molecule has 1 N–H and O–H groups in total. The molecule has 2 aliphatic rings. The van der Waals surface area contributed by atoms with E-state index in [9.17, 15) is 0 Å². The van der Waals surface area contributed by atoms with Gasteiger partial charge >= 0.3 is 0 Å². The van der Waals surface area contributed by atoms with Crippen molar-refractivity contribution in [3.05, 3.63) is 30.9 Å². The van der Waals surface area contributed by atoms with Gasteiger partial charge in [-0.25, -0.2) is 4.98 Å². The van der Waals surface area contributed by atoms with Crippen molar-refractivity contribution in [2.75, 3.05) is 6.54 Å². The molecule has 1 aromatic rings. The van der Waals surface area contributed by atoms with Crippen molar-refractivity contribution in [1.29, 1.82) is 0 Å². The zero-order chi connectivity index (χ0) is 11.5. The highest BCUT2D eigenvalue weighted by Gasteiger charge is 2.40. The van der Waals surface area contributed by atoms with Gasteiger partial charge in [0.2, 0.25) is 0 Å². The summed E-state index contributed by atoms with van der Waals surface area (Å²) in [7, 11) is 0. The summed E-state index contributed by atoms with van der Waals surface area (Å²) in [6.45, 7) is 2.26. The quantitative estimate of drug-likeness (QED) is 0.601. The summed E-state index contributed by atoms with van der Waals surface area (Å²) in [6.07, 6.45) is 15.8. The summed E-state index contributed by atoms with van der Waals surface area (Å²) in [5.41, 5.74) is 0. The van der Waals surface area contributed by atoms with Crippen molar-refractivity contribution in [1.82, 2.24) is 14.9 Å². The highest BCUT2D eigenvalue weighted by atomic mass is 15.0. The van der Waals surface area contributed by atoms with Gasteiger partial charge in [0, 0.05) is 25.0 Å². The molecule has 0 aliphatic heterocycles. The van der Waals surface area contributed by atoms with Gasteiger partial charge in [-0.15, -0.1) is 0 Å². The average Bonchev–Trinajstić information content (AvgIpc) is 2.93. The van der Waals surface area contributed by atoms with Gasteiger partial charge < -0.3 is 9.88 Å². The standard InChI is InChI=1S/C14H21N3/c1(2-8-17-9-7-15-11-17)6-16-14-10-12-4-3-5-13(12)14/h3,5,7,9,11-14,16H,1-2,4,6,8,10H2. The van der Waals surface area contributed by atoms with E-state index in [0.29, 0.717) is 0 Å². The molecule has 3 heteroatoms. The van der Waals surface area contributed by atoms with Crippen LogP contribution in [0, 0.1) is 11.8 Å². The Kier molecular flexibility index (Phi) is 3.27. The maximum atomic E-state index is 4.05. The second-order valence-electron chi connectivity index (χ2n) is 5.31. The molecule has 0 saturated heterocycles. The largest absolute Gasteiger partial charge is 0.337 e. The minimum atomic E-state index is 0.770. The van der Waals surface area contributed by atoms with E-state index in [1.165, 1.54) is 25.7 Å². The van der Waals surface area contributed by atoms with E-state index in [1.807, 2.05) is 18.7 Å². The molecule has 17 heavy (non-hydrogen) atoms. The number of fused-ring (bicyclic) bond motifs is 1. The van der Waals surface area contributed by atoms with Crippen molar-refractivity contribution in [2.45, 2.75) is 38.3 Å². The Bertz CT molecular complexity index is 369. The van der Waals surface area contributed by atoms with Crippen LogP contribution in [0.2, 0.25) is 0 Å². The van der Waals surface area contributed by atoms with E-state index in [-0.39, 0.29) is 0 Å². The molecule has 0 spiro atoms. The Morgan fingerprint density at radius 1 is 1.35 bits per heavy atom. The summed E-state index contributed by atoms with van der Waals surface area (Å²) >= 11 is 0. The first-order valence-electron chi connectivity index (χ1n) is 6.79. The van der Waals surface area contributed by atoms with Crippen LogP contribution in [0.5, 0.6) is 0 Å². The highest BCUT2D eigenvalue weighted by molar-refractivity contribution is 5.12. The number of allylic oxidation sites excluding steroid dienone is 1. The van der Waals surface area contributed by atoms with E-state index in [0.717, 1.165) is 31.0 Å². The fourth-order valence-corrected chi connectivity index (χ4v) is 3.07. The summed E-state index contributed by atoms with van der Waals surface area (Å²) in [5, 5.41) is 3.69. The maximum absolute atomic E-state index is 4.05. The van der Waals surface area contributed by atoms with E-state index in [2.05, 4.69) is 27.0 Å². The van der Waals surface area contributed by atoms with Crippen LogP contribution < -0.4 is 5.32 Å². The summed E-state index contributed by atoms with van der Waals surface area (Å²) in [5.74, 6) is 1.82. The number of aromatic nitrogens is 2. The molecule has 92 valence electrons. The Labute approximate surface area is 103 Å². The molecule has 3 unspecified atom stereocenters. The molecule has 2 aliphatic carbocycles. The Morgan fingerprint density at radius 3 is 3.18 bits per heavy atom. The van der Waals surface area contributed by atoms with E-state index in [4.69, 9.17) is 0 Å².